The van der Waals surface area contributed by atoms with Gasteiger partial charge in [-0.2, -0.15) is 0 Å². The maximum absolute atomic E-state index is 13.4. The Hall–Kier alpha value is -1.41. The van der Waals surface area contributed by atoms with Crippen LogP contribution in [-0.4, -0.2) is 32.1 Å². The number of rotatable bonds is 6. The largest absolute Gasteiger partial charge is 0.321 e. The summed E-state index contributed by atoms with van der Waals surface area (Å²) in [6.45, 7) is 1.18. The third-order valence-electron chi connectivity index (χ3n) is 3.00. The van der Waals surface area contributed by atoms with Crippen molar-refractivity contribution < 1.29 is 9.09 Å². The lowest BCUT2D eigenvalue weighted by Crippen LogP contribution is -2.23. The lowest BCUT2D eigenvalue weighted by molar-refractivity contribution is 0.269. The average Bonchev–Trinajstić information content (AvgIpc) is 2.48. The number of hydrogen-bond donors (Lipinski definition) is 0. The van der Waals surface area contributed by atoms with Crippen molar-refractivity contribution >= 4 is 18.0 Å². The Bertz CT molecular complexity index is 526. The highest BCUT2D eigenvalue weighted by molar-refractivity contribution is 7.74. The Morgan fingerprint density at radius 3 is 1.75 bits per heavy atom. The molecule has 0 radical (unpaired) electrons. The highest BCUT2D eigenvalue weighted by Crippen LogP contribution is 2.44. The zero-order chi connectivity index (χ0) is 14.4. The van der Waals surface area contributed by atoms with Gasteiger partial charge in [-0.05, 0) is 38.4 Å². The maximum atomic E-state index is 13.4. The fourth-order valence-corrected chi connectivity index (χ4v) is 3.96. The molecule has 0 spiro atoms. The number of nitrogens with zero attached hydrogens (tertiary/aromatic N) is 1. The molecule has 0 saturated carbocycles. The second kappa shape index (κ2) is 6.85. The lowest BCUT2D eigenvalue weighted by atomic mass is 10.4. The van der Waals surface area contributed by atoms with Gasteiger partial charge in [-0.25, -0.2) is 0 Å². The molecule has 4 heteroatoms. The molecule has 3 nitrogen and oxygen atoms in total. The van der Waals surface area contributed by atoms with Crippen molar-refractivity contribution in [1.82, 2.24) is 4.90 Å². The Labute approximate surface area is 120 Å². The van der Waals surface area contributed by atoms with E-state index in [4.69, 9.17) is 4.52 Å². The van der Waals surface area contributed by atoms with Crippen molar-refractivity contribution in [3.63, 3.8) is 0 Å². The predicted octanol–water partition coefficient (Wildman–Crippen LogP) is 2.49. The lowest BCUT2D eigenvalue weighted by Gasteiger charge is -2.20. The molecule has 106 valence electrons. The van der Waals surface area contributed by atoms with E-state index in [0.717, 1.165) is 17.2 Å². The fourth-order valence-electron chi connectivity index (χ4n) is 1.90. The van der Waals surface area contributed by atoms with Crippen LogP contribution in [0, 0.1) is 0 Å². The third-order valence-corrected chi connectivity index (χ3v) is 5.51. The normalized spacial score (nSPS) is 11.8. The van der Waals surface area contributed by atoms with Gasteiger partial charge < -0.3 is 9.42 Å². The minimum absolute atomic E-state index is 0.439. The van der Waals surface area contributed by atoms with Crippen LogP contribution in [0.25, 0.3) is 0 Å². The number of likely N-dealkylation sites (N-methyl/N-ethyl adjacent to an activating group) is 1. The first kappa shape index (κ1) is 15.0. The van der Waals surface area contributed by atoms with Crippen LogP contribution in [0.2, 0.25) is 0 Å². The van der Waals surface area contributed by atoms with Crippen molar-refractivity contribution in [3.8, 4) is 0 Å². The molecule has 0 N–H and O–H groups in total. The summed E-state index contributed by atoms with van der Waals surface area (Å²) in [6.07, 6.45) is 0. The van der Waals surface area contributed by atoms with Crippen molar-refractivity contribution in [2.45, 2.75) is 0 Å². The Morgan fingerprint density at radius 2 is 1.35 bits per heavy atom. The molecule has 2 aromatic carbocycles. The van der Waals surface area contributed by atoms with Gasteiger partial charge in [-0.1, -0.05) is 36.4 Å². The zero-order valence-corrected chi connectivity index (χ0v) is 12.8. The molecular weight excluding hydrogens is 269 g/mol. The highest BCUT2D eigenvalue weighted by Gasteiger charge is 2.28. The van der Waals surface area contributed by atoms with Crippen LogP contribution in [0.4, 0.5) is 0 Å². The summed E-state index contributed by atoms with van der Waals surface area (Å²) in [4.78, 5) is 2.01. The van der Waals surface area contributed by atoms with Crippen LogP contribution in [0.3, 0.4) is 0 Å². The Kier molecular flexibility index (Phi) is 5.13. The summed E-state index contributed by atoms with van der Waals surface area (Å²) in [5.41, 5.74) is 0. The van der Waals surface area contributed by atoms with E-state index in [2.05, 4.69) is 0 Å². The van der Waals surface area contributed by atoms with Crippen LogP contribution >= 0.6 is 7.37 Å². The standard InChI is InChI=1S/C16H20NO2P/c1-17(2)13-14-19-20(18,15-9-5-3-6-10-15)16-11-7-4-8-12-16/h3-12H,13-14H2,1-2H3. The smallest absolute Gasteiger partial charge is 0.261 e. The molecule has 0 aliphatic rings. The molecule has 0 amide bonds. The summed E-state index contributed by atoms with van der Waals surface area (Å²) in [5.74, 6) is 0. The van der Waals surface area contributed by atoms with E-state index in [1.54, 1.807) is 0 Å². The molecule has 0 fully saturated rings. The van der Waals surface area contributed by atoms with E-state index in [-0.39, 0.29) is 0 Å². The van der Waals surface area contributed by atoms with Gasteiger partial charge in [-0.3, -0.25) is 4.57 Å². The molecule has 0 bridgehead atoms. The molecule has 0 saturated heterocycles. The summed E-state index contributed by atoms with van der Waals surface area (Å²) in [7, 11) is 0.936. The van der Waals surface area contributed by atoms with Gasteiger partial charge in [-0.15, -0.1) is 0 Å². The van der Waals surface area contributed by atoms with E-state index >= 15 is 0 Å². The second-order valence-corrected chi connectivity index (χ2v) is 7.25. The summed E-state index contributed by atoms with van der Waals surface area (Å²) < 4.78 is 19.2. The van der Waals surface area contributed by atoms with Gasteiger partial charge in [0, 0.05) is 17.2 Å². The SMILES string of the molecule is CN(C)CCOP(=O)(c1ccccc1)c1ccccc1. The van der Waals surface area contributed by atoms with Gasteiger partial charge in [0.25, 0.3) is 7.37 Å². The molecule has 2 rings (SSSR count). The minimum atomic E-state index is -3.01. The molecule has 0 aliphatic heterocycles. The van der Waals surface area contributed by atoms with E-state index < -0.39 is 7.37 Å². The Morgan fingerprint density at radius 1 is 0.900 bits per heavy atom. The molecule has 2 aromatic rings. The van der Waals surface area contributed by atoms with Crippen LogP contribution in [0.5, 0.6) is 0 Å². The average molecular weight is 289 g/mol. The molecule has 20 heavy (non-hydrogen) atoms. The molecule has 0 aromatic heterocycles. The predicted molar refractivity (Wildman–Crippen MR) is 84.3 cm³/mol. The van der Waals surface area contributed by atoms with Crippen LogP contribution in [-0.2, 0) is 9.09 Å². The number of benzene rings is 2. The van der Waals surface area contributed by atoms with Crippen LogP contribution in [0.1, 0.15) is 0 Å². The molecule has 0 unspecified atom stereocenters. The van der Waals surface area contributed by atoms with Crippen molar-refractivity contribution in [2.75, 3.05) is 27.2 Å². The van der Waals surface area contributed by atoms with Crippen molar-refractivity contribution in [2.24, 2.45) is 0 Å². The van der Waals surface area contributed by atoms with Crippen LogP contribution in [0.15, 0.2) is 60.7 Å². The Balaban J connectivity index is 2.32. The van der Waals surface area contributed by atoms with Crippen molar-refractivity contribution in [1.29, 1.82) is 0 Å². The van der Waals surface area contributed by atoms with Gasteiger partial charge in [0.15, 0.2) is 0 Å². The first-order valence-electron chi connectivity index (χ1n) is 6.63. The number of hydrogen-bond acceptors (Lipinski definition) is 3. The fraction of sp³-hybridized carbons (Fsp3) is 0.250. The highest BCUT2D eigenvalue weighted by atomic mass is 31.2. The molecule has 0 heterocycles. The molecular formula is C16H20NO2P. The van der Waals surface area contributed by atoms with E-state index in [9.17, 15) is 4.57 Å². The van der Waals surface area contributed by atoms with Crippen LogP contribution < -0.4 is 10.6 Å². The van der Waals surface area contributed by atoms with Gasteiger partial charge in [0.05, 0.1) is 6.61 Å². The van der Waals surface area contributed by atoms with Gasteiger partial charge >= 0.3 is 0 Å². The first-order valence-corrected chi connectivity index (χ1v) is 8.26. The van der Waals surface area contributed by atoms with Gasteiger partial charge in [0.2, 0.25) is 0 Å². The van der Waals surface area contributed by atoms with E-state index in [0.29, 0.717) is 6.61 Å². The monoisotopic (exact) mass is 289 g/mol. The van der Waals surface area contributed by atoms with Crippen molar-refractivity contribution in [3.05, 3.63) is 60.7 Å². The summed E-state index contributed by atoms with van der Waals surface area (Å²) in [6, 6.07) is 18.8. The molecule has 0 aliphatic carbocycles. The summed E-state index contributed by atoms with van der Waals surface area (Å²) in [5, 5.41) is 1.48. The molecule has 0 atom stereocenters. The first-order chi connectivity index (χ1) is 9.63. The topological polar surface area (TPSA) is 29.5 Å². The van der Waals surface area contributed by atoms with E-state index in [1.165, 1.54) is 0 Å². The summed E-state index contributed by atoms with van der Waals surface area (Å²) >= 11 is 0. The quantitative estimate of drug-likeness (QED) is 0.765. The minimum Gasteiger partial charge on any atom is -0.321 e. The second-order valence-electron chi connectivity index (χ2n) is 4.86. The maximum Gasteiger partial charge on any atom is 0.261 e. The van der Waals surface area contributed by atoms with Gasteiger partial charge in [0.1, 0.15) is 0 Å². The zero-order valence-electron chi connectivity index (χ0n) is 11.9. The van der Waals surface area contributed by atoms with E-state index in [1.807, 2.05) is 79.7 Å². The third kappa shape index (κ3) is 3.57.